The Morgan fingerprint density at radius 3 is 2.48 bits per heavy atom. The van der Waals surface area contributed by atoms with Crippen molar-refractivity contribution in [2.75, 3.05) is 18.4 Å². The zero-order chi connectivity index (χ0) is 21.8. The summed E-state index contributed by atoms with van der Waals surface area (Å²) in [6.07, 6.45) is 2.83. The molecule has 31 heavy (non-hydrogen) atoms. The number of nitrogens with zero attached hydrogens (tertiary/aromatic N) is 3. The fourth-order valence-electron chi connectivity index (χ4n) is 3.48. The van der Waals surface area contributed by atoms with E-state index in [4.69, 9.17) is 16.0 Å². The van der Waals surface area contributed by atoms with Gasteiger partial charge in [0.1, 0.15) is 6.07 Å². The van der Waals surface area contributed by atoms with E-state index in [0.29, 0.717) is 30.2 Å². The predicted octanol–water partition coefficient (Wildman–Crippen LogP) is 4.65. The van der Waals surface area contributed by atoms with Crippen molar-refractivity contribution < 1.29 is 12.8 Å². The first-order valence-electron chi connectivity index (χ1n) is 9.98. The minimum absolute atomic E-state index is 0.118. The maximum atomic E-state index is 12.8. The lowest BCUT2D eigenvalue weighted by Gasteiger charge is -2.25. The van der Waals surface area contributed by atoms with Crippen LogP contribution in [0.1, 0.15) is 30.5 Å². The molecule has 1 N–H and O–H groups in total. The van der Waals surface area contributed by atoms with Crippen LogP contribution in [0, 0.1) is 11.3 Å². The van der Waals surface area contributed by atoms with Crippen LogP contribution in [0.5, 0.6) is 0 Å². The molecule has 160 valence electrons. The van der Waals surface area contributed by atoms with Crippen LogP contribution in [0.25, 0.3) is 11.5 Å². The second-order valence-electron chi connectivity index (χ2n) is 7.24. The number of halogens is 1. The topological polar surface area (TPSA) is 99.2 Å². The van der Waals surface area contributed by atoms with Crippen LogP contribution < -0.4 is 5.32 Å². The van der Waals surface area contributed by atoms with Crippen LogP contribution in [-0.2, 0) is 16.6 Å². The van der Waals surface area contributed by atoms with Crippen molar-refractivity contribution >= 4 is 27.5 Å². The highest BCUT2D eigenvalue weighted by atomic mass is 35.5. The summed E-state index contributed by atoms with van der Waals surface area (Å²) in [7, 11) is -3.51. The lowest BCUT2D eigenvalue weighted by Crippen LogP contribution is -2.35. The Morgan fingerprint density at radius 1 is 1.10 bits per heavy atom. The Labute approximate surface area is 186 Å². The molecule has 0 aliphatic carbocycles. The second-order valence-corrected chi connectivity index (χ2v) is 9.59. The van der Waals surface area contributed by atoms with Crippen LogP contribution in [0.15, 0.2) is 57.8 Å². The molecule has 0 atom stereocenters. The van der Waals surface area contributed by atoms with Gasteiger partial charge in [0.2, 0.25) is 27.5 Å². The lowest BCUT2D eigenvalue weighted by molar-refractivity contribution is 0.346. The molecule has 9 heteroatoms. The first-order chi connectivity index (χ1) is 15.0. The molecule has 4 rings (SSSR count). The number of sulfonamides is 1. The van der Waals surface area contributed by atoms with Crippen LogP contribution in [0.2, 0.25) is 5.02 Å². The average Bonchev–Trinajstić information content (AvgIpc) is 3.22. The van der Waals surface area contributed by atoms with Gasteiger partial charge in [0.15, 0.2) is 0 Å². The Bertz CT molecular complexity index is 1210. The Balaban J connectivity index is 1.53. The van der Waals surface area contributed by atoms with Crippen LogP contribution in [-0.4, -0.2) is 30.8 Å². The van der Waals surface area contributed by atoms with Crippen molar-refractivity contribution in [3.8, 4) is 17.5 Å². The minimum Gasteiger partial charge on any atom is -0.419 e. The molecule has 1 fully saturated rings. The van der Waals surface area contributed by atoms with Crippen molar-refractivity contribution in [3.63, 3.8) is 0 Å². The average molecular weight is 457 g/mol. The Kier molecular flexibility index (Phi) is 6.28. The van der Waals surface area contributed by atoms with Crippen molar-refractivity contribution in [2.24, 2.45) is 0 Å². The Hall–Kier alpha value is -2.86. The molecule has 1 saturated heterocycles. The van der Waals surface area contributed by atoms with Gasteiger partial charge in [-0.25, -0.2) is 8.42 Å². The van der Waals surface area contributed by atoms with E-state index in [1.165, 1.54) is 4.31 Å². The maximum Gasteiger partial charge on any atom is 0.243 e. The minimum atomic E-state index is -3.51. The number of hydrogen-bond acceptors (Lipinski definition) is 6. The molecule has 1 aliphatic heterocycles. The summed E-state index contributed by atoms with van der Waals surface area (Å²) >= 11 is 6.17. The molecular weight excluding hydrogens is 436 g/mol. The summed E-state index contributed by atoms with van der Waals surface area (Å²) in [6, 6.07) is 15.8. The highest BCUT2D eigenvalue weighted by Gasteiger charge is 2.26. The highest BCUT2D eigenvalue weighted by Crippen LogP contribution is 2.28. The van der Waals surface area contributed by atoms with E-state index in [9.17, 15) is 13.7 Å². The Morgan fingerprint density at radius 2 is 1.81 bits per heavy atom. The first kappa shape index (κ1) is 21.4. The molecule has 3 aromatic rings. The van der Waals surface area contributed by atoms with Gasteiger partial charge in [-0.2, -0.15) is 14.6 Å². The number of anilines is 1. The number of nitrogens with one attached hydrogen (secondary N) is 1. The molecule has 0 unspecified atom stereocenters. The SMILES string of the molecule is N#Cc1nc(-c2ccc(S(=O)(=O)N3CCCCC3)cc2)oc1NCc1ccccc1Cl. The quantitative estimate of drug-likeness (QED) is 0.579. The largest absolute Gasteiger partial charge is 0.419 e. The highest BCUT2D eigenvalue weighted by molar-refractivity contribution is 7.89. The van der Waals surface area contributed by atoms with E-state index in [1.807, 2.05) is 24.3 Å². The molecule has 1 aromatic heterocycles. The smallest absolute Gasteiger partial charge is 0.243 e. The fraction of sp³-hybridized carbons (Fsp3) is 0.273. The van der Waals surface area contributed by atoms with Crippen molar-refractivity contribution in [2.45, 2.75) is 30.7 Å². The van der Waals surface area contributed by atoms with Gasteiger partial charge in [-0.1, -0.05) is 36.2 Å². The maximum absolute atomic E-state index is 12.8. The van der Waals surface area contributed by atoms with Crippen LogP contribution >= 0.6 is 11.6 Å². The molecule has 7 nitrogen and oxygen atoms in total. The standard InChI is InChI=1S/C22H21ClN4O3S/c23-19-7-3-2-6-17(19)15-25-22-20(14-24)26-21(30-22)16-8-10-18(11-9-16)31(28,29)27-12-4-1-5-13-27/h2-3,6-11,25H,1,4-5,12-13,15H2. The number of nitriles is 1. The van der Waals surface area contributed by atoms with Gasteiger partial charge < -0.3 is 9.73 Å². The summed E-state index contributed by atoms with van der Waals surface area (Å²) in [5.74, 6) is 0.475. The van der Waals surface area contributed by atoms with E-state index in [-0.39, 0.29) is 22.4 Å². The van der Waals surface area contributed by atoms with E-state index in [1.54, 1.807) is 30.3 Å². The second kappa shape index (κ2) is 9.10. The van der Waals surface area contributed by atoms with Crippen molar-refractivity contribution in [3.05, 3.63) is 64.8 Å². The van der Waals surface area contributed by atoms with Gasteiger partial charge in [-0.3, -0.25) is 0 Å². The van der Waals surface area contributed by atoms with Crippen molar-refractivity contribution in [1.82, 2.24) is 9.29 Å². The van der Waals surface area contributed by atoms with Gasteiger partial charge in [-0.05, 0) is 48.7 Å². The van der Waals surface area contributed by atoms with Gasteiger partial charge >= 0.3 is 0 Å². The number of aromatic nitrogens is 1. The number of hydrogen-bond donors (Lipinski definition) is 1. The monoisotopic (exact) mass is 456 g/mol. The summed E-state index contributed by atoms with van der Waals surface area (Å²) in [5.41, 5.74) is 1.56. The third-order valence-corrected chi connectivity index (χ3v) is 7.47. The summed E-state index contributed by atoms with van der Waals surface area (Å²) in [6.45, 7) is 1.47. The first-order valence-corrected chi connectivity index (χ1v) is 11.8. The number of benzene rings is 2. The summed E-state index contributed by atoms with van der Waals surface area (Å²) in [5, 5.41) is 13.1. The van der Waals surface area contributed by atoms with Gasteiger partial charge in [-0.15, -0.1) is 0 Å². The van der Waals surface area contributed by atoms with E-state index in [0.717, 1.165) is 24.8 Å². The van der Waals surface area contributed by atoms with Crippen LogP contribution in [0.3, 0.4) is 0 Å². The van der Waals surface area contributed by atoms with E-state index < -0.39 is 10.0 Å². The molecule has 2 heterocycles. The van der Waals surface area contributed by atoms with Gasteiger partial charge in [0.25, 0.3) is 0 Å². The molecular formula is C22H21ClN4O3S. The summed E-state index contributed by atoms with van der Waals surface area (Å²) in [4.78, 5) is 4.47. The van der Waals surface area contributed by atoms with E-state index in [2.05, 4.69) is 10.3 Å². The molecule has 1 aliphatic rings. The fourth-order valence-corrected chi connectivity index (χ4v) is 5.20. The molecule has 2 aromatic carbocycles. The number of piperidine rings is 1. The lowest BCUT2D eigenvalue weighted by atomic mass is 10.2. The van der Waals surface area contributed by atoms with E-state index >= 15 is 0 Å². The zero-order valence-electron chi connectivity index (χ0n) is 16.7. The number of oxazole rings is 1. The van der Waals surface area contributed by atoms with Crippen molar-refractivity contribution in [1.29, 1.82) is 5.26 Å². The number of rotatable bonds is 6. The van der Waals surface area contributed by atoms with Gasteiger partial charge in [0, 0.05) is 30.2 Å². The predicted molar refractivity (Wildman–Crippen MR) is 118 cm³/mol. The molecule has 0 saturated carbocycles. The molecule has 0 bridgehead atoms. The molecule has 0 amide bonds. The normalized spacial score (nSPS) is 14.8. The summed E-state index contributed by atoms with van der Waals surface area (Å²) < 4.78 is 32.9. The third-order valence-electron chi connectivity index (χ3n) is 5.18. The van der Waals surface area contributed by atoms with Gasteiger partial charge in [0.05, 0.1) is 4.90 Å². The van der Waals surface area contributed by atoms with Crippen LogP contribution in [0.4, 0.5) is 5.88 Å². The molecule has 0 spiro atoms. The third kappa shape index (κ3) is 4.59. The zero-order valence-corrected chi connectivity index (χ0v) is 18.3. The molecule has 0 radical (unpaired) electrons.